The van der Waals surface area contributed by atoms with Gasteiger partial charge in [-0.05, 0) is 43.1 Å². The van der Waals surface area contributed by atoms with Crippen molar-refractivity contribution in [2.75, 3.05) is 38.0 Å². The predicted molar refractivity (Wildman–Crippen MR) is 133 cm³/mol. The fraction of sp³-hybridized carbons (Fsp3) is 0.462. The molecule has 2 aliphatic rings. The lowest BCUT2D eigenvalue weighted by Gasteiger charge is -2.34. The Balaban J connectivity index is 1.34. The van der Waals surface area contributed by atoms with E-state index in [0.29, 0.717) is 17.0 Å². The van der Waals surface area contributed by atoms with Crippen molar-refractivity contribution in [3.8, 4) is 6.07 Å². The molecule has 8 nitrogen and oxygen atoms in total. The number of fused-ring (bicyclic) bond motifs is 1. The number of anilines is 2. The van der Waals surface area contributed by atoms with Crippen molar-refractivity contribution in [1.29, 1.82) is 5.26 Å². The molecule has 0 amide bonds. The van der Waals surface area contributed by atoms with Crippen molar-refractivity contribution in [3.05, 3.63) is 58.0 Å². The molecule has 8 heteroatoms. The van der Waals surface area contributed by atoms with E-state index in [1.165, 1.54) is 5.56 Å². The van der Waals surface area contributed by atoms with Crippen LogP contribution in [0.15, 0.2) is 41.3 Å². The average molecular weight is 458 g/mol. The van der Waals surface area contributed by atoms with Gasteiger partial charge in [-0.3, -0.25) is 14.3 Å². The van der Waals surface area contributed by atoms with Gasteiger partial charge in [0.1, 0.15) is 17.3 Å². The van der Waals surface area contributed by atoms with E-state index in [-0.39, 0.29) is 17.2 Å². The van der Waals surface area contributed by atoms with Crippen LogP contribution in [0.5, 0.6) is 0 Å². The van der Waals surface area contributed by atoms with Gasteiger partial charge in [-0.2, -0.15) is 10.2 Å². The predicted octanol–water partition coefficient (Wildman–Crippen LogP) is 3.66. The van der Waals surface area contributed by atoms with E-state index >= 15 is 0 Å². The van der Waals surface area contributed by atoms with E-state index in [1.807, 2.05) is 18.2 Å². The van der Waals surface area contributed by atoms with Crippen LogP contribution >= 0.6 is 0 Å². The number of hydrogen-bond acceptors (Lipinski definition) is 7. The van der Waals surface area contributed by atoms with Crippen LogP contribution in [0.4, 0.5) is 11.6 Å². The van der Waals surface area contributed by atoms with Crippen molar-refractivity contribution < 1.29 is 0 Å². The molecule has 176 valence electrons. The normalized spacial score (nSPS) is 17.8. The Morgan fingerprint density at radius 2 is 1.79 bits per heavy atom. The molecule has 0 spiro atoms. The maximum absolute atomic E-state index is 13.0. The first-order valence-electron chi connectivity index (χ1n) is 12.3. The number of hydrogen-bond donors (Lipinski definition) is 1. The summed E-state index contributed by atoms with van der Waals surface area (Å²) in [6.07, 6.45) is 5.75. The molecule has 0 bridgehead atoms. The number of nitrogens with zero attached hydrogens (tertiary/aromatic N) is 6. The summed E-state index contributed by atoms with van der Waals surface area (Å²) in [6.45, 7) is 8.79. The number of nitrogens with one attached hydrogen (secondary N) is 1. The number of pyridine rings is 1. The first-order valence-corrected chi connectivity index (χ1v) is 12.3. The topological polar surface area (TPSA) is 90.1 Å². The van der Waals surface area contributed by atoms with Crippen LogP contribution in [-0.4, -0.2) is 57.1 Å². The van der Waals surface area contributed by atoms with Gasteiger partial charge in [0, 0.05) is 56.0 Å². The molecule has 3 heterocycles. The van der Waals surface area contributed by atoms with Gasteiger partial charge in [-0.25, -0.2) is 4.98 Å². The van der Waals surface area contributed by atoms with Gasteiger partial charge in [0.15, 0.2) is 0 Å². The second kappa shape index (κ2) is 9.92. The van der Waals surface area contributed by atoms with Crippen molar-refractivity contribution in [2.24, 2.45) is 0 Å². The summed E-state index contributed by atoms with van der Waals surface area (Å²) in [5.41, 5.74) is 2.68. The summed E-state index contributed by atoms with van der Waals surface area (Å²) in [7, 11) is 0. The van der Waals surface area contributed by atoms with E-state index in [0.717, 1.165) is 70.6 Å². The van der Waals surface area contributed by atoms with E-state index in [4.69, 9.17) is 4.98 Å². The number of likely N-dealkylation sites (N-methyl/N-ethyl adjacent to an activating group) is 1. The zero-order chi connectivity index (χ0) is 23.5. The first-order chi connectivity index (χ1) is 16.6. The Labute approximate surface area is 199 Å². The van der Waals surface area contributed by atoms with E-state index in [9.17, 15) is 10.1 Å². The lowest BCUT2D eigenvalue weighted by atomic mass is 10.1. The summed E-state index contributed by atoms with van der Waals surface area (Å²) in [5.74, 6) is 0.451. The highest BCUT2D eigenvalue weighted by atomic mass is 16.1. The standard InChI is InChI=1S/C26H31N7O/c1-2-31-11-13-32(14-12-31)18-19-7-9-22(10-8-19)29-26-28-17-21-15-20(16-27)25(34)33(24(21)30-26)23-5-3-4-6-23/h7-10,15,17,23H,2-6,11-14,18H2,1H3,(H,28,29,30). The smallest absolute Gasteiger partial charge is 0.270 e. The number of piperazine rings is 1. The van der Waals surface area contributed by atoms with Gasteiger partial charge in [-0.1, -0.05) is 31.9 Å². The average Bonchev–Trinajstić information content (AvgIpc) is 3.40. The molecule has 0 unspecified atom stereocenters. The molecule has 34 heavy (non-hydrogen) atoms. The summed E-state index contributed by atoms with van der Waals surface area (Å²) < 4.78 is 1.72. The maximum atomic E-state index is 13.0. The summed E-state index contributed by atoms with van der Waals surface area (Å²) in [4.78, 5) is 27.1. The van der Waals surface area contributed by atoms with Crippen LogP contribution in [-0.2, 0) is 6.54 Å². The van der Waals surface area contributed by atoms with Crippen molar-refractivity contribution >= 4 is 22.7 Å². The highest BCUT2D eigenvalue weighted by Gasteiger charge is 2.23. The zero-order valence-electron chi connectivity index (χ0n) is 19.7. The minimum absolute atomic E-state index is 0.0875. The first kappa shape index (κ1) is 22.5. The van der Waals surface area contributed by atoms with E-state index < -0.39 is 0 Å². The Morgan fingerprint density at radius 3 is 2.47 bits per heavy atom. The van der Waals surface area contributed by atoms with Crippen LogP contribution < -0.4 is 10.9 Å². The fourth-order valence-electron chi connectivity index (χ4n) is 5.11. The number of rotatable bonds is 6. The number of nitriles is 1. The van der Waals surface area contributed by atoms with E-state index in [1.54, 1.807) is 16.8 Å². The molecule has 1 saturated carbocycles. The highest BCUT2D eigenvalue weighted by molar-refractivity contribution is 5.77. The third-order valence-electron chi connectivity index (χ3n) is 7.11. The van der Waals surface area contributed by atoms with Gasteiger partial charge in [-0.15, -0.1) is 0 Å². The van der Waals surface area contributed by atoms with Crippen molar-refractivity contribution in [1.82, 2.24) is 24.3 Å². The maximum Gasteiger partial charge on any atom is 0.270 e. The Morgan fingerprint density at radius 1 is 1.09 bits per heavy atom. The molecule has 1 aliphatic carbocycles. The quantitative estimate of drug-likeness (QED) is 0.604. The molecule has 2 aromatic heterocycles. The molecule has 0 atom stereocenters. The lowest BCUT2D eigenvalue weighted by Crippen LogP contribution is -2.45. The highest BCUT2D eigenvalue weighted by Crippen LogP contribution is 2.31. The summed E-state index contributed by atoms with van der Waals surface area (Å²) in [6, 6.07) is 12.1. The van der Waals surface area contributed by atoms with Crippen LogP contribution in [0.2, 0.25) is 0 Å². The molecule has 1 aromatic carbocycles. The zero-order valence-corrected chi connectivity index (χ0v) is 19.7. The van der Waals surface area contributed by atoms with Crippen molar-refractivity contribution in [2.45, 2.75) is 45.2 Å². The van der Waals surface area contributed by atoms with Crippen LogP contribution in [0.3, 0.4) is 0 Å². The Bertz CT molecular complexity index is 1250. The third kappa shape index (κ3) is 4.67. The van der Waals surface area contributed by atoms with Gasteiger partial charge >= 0.3 is 0 Å². The summed E-state index contributed by atoms with van der Waals surface area (Å²) >= 11 is 0. The number of aromatic nitrogens is 3. The van der Waals surface area contributed by atoms with Gasteiger partial charge in [0.2, 0.25) is 5.95 Å². The van der Waals surface area contributed by atoms with Gasteiger partial charge in [0.05, 0.1) is 0 Å². The molecule has 2 fully saturated rings. The van der Waals surface area contributed by atoms with Crippen LogP contribution in [0, 0.1) is 11.3 Å². The third-order valence-corrected chi connectivity index (χ3v) is 7.11. The molecule has 1 N–H and O–H groups in total. The molecule has 3 aromatic rings. The fourth-order valence-corrected chi connectivity index (χ4v) is 5.11. The summed E-state index contributed by atoms with van der Waals surface area (Å²) in [5, 5.41) is 13.4. The second-order valence-corrected chi connectivity index (χ2v) is 9.29. The van der Waals surface area contributed by atoms with Crippen LogP contribution in [0.1, 0.15) is 49.8 Å². The van der Waals surface area contributed by atoms with Crippen LogP contribution in [0.25, 0.3) is 11.0 Å². The van der Waals surface area contributed by atoms with Crippen molar-refractivity contribution in [3.63, 3.8) is 0 Å². The minimum Gasteiger partial charge on any atom is -0.324 e. The molecular formula is C26H31N7O. The molecule has 1 saturated heterocycles. The van der Waals surface area contributed by atoms with Gasteiger partial charge < -0.3 is 10.2 Å². The second-order valence-electron chi connectivity index (χ2n) is 9.29. The molecule has 0 radical (unpaired) electrons. The molecular weight excluding hydrogens is 426 g/mol. The van der Waals surface area contributed by atoms with Gasteiger partial charge in [0.25, 0.3) is 5.56 Å². The minimum atomic E-state index is -0.254. The number of benzene rings is 1. The Hall–Kier alpha value is -3.28. The molecule has 1 aliphatic heterocycles. The SMILES string of the molecule is CCN1CCN(Cc2ccc(Nc3ncc4cc(C#N)c(=O)n(C5CCCC5)c4n3)cc2)CC1. The Kier molecular flexibility index (Phi) is 6.57. The lowest BCUT2D eigenvalue weighted by molar-refractivity contribution is 0.132. The van der Waals surface area contributed by atoms with E-state index in [2.05, 4.69) is 39.2 Å². The molecule has 5 rings (SSSR count). The monoisotopic (exact) mass is 457 g/mol. The largest absolute Gasteiger partial charge is 0.324 e.